The van der Waals surface area contributed by atoms with Crippen LogP contribution in [0.4, 0.5) is 5.69 Å². The number of hydrogen-bond acceptors (Lipinski definition) is 5. The van der Waals surface area contributed by atoms with E-state index in [1.165, 1.54) is 11.8 Å². The molecular formula is C21H22N2O3S. The molecule has 1 amide bonds. The molecule has 6 heteroatoms. The minimum absolute atomic E-state index is 0.0879. The molecule has 2 aromatic carbocycles. The second-order valence-corrected chi connectivity index (χ2v) is 7.30. The number of aryl methyl sites for hydroxylation is 2. The molecule has 0 atom stereocenters. The van der Waals surface area contributed by atoms with Crippen LogP contribution in [0.25, 0.3) is 6.08 Å². The third-order valence-corrected chi connectivity index (χ3v) is 5.21. The van der Waals surface area contributed by atoms with Gasteiger partial charge in [0.1, 0.15) is 5.75 Å². The Bertz CT molecular complexity index is 884. The molecule has 0 spiro atoms. The van der Waals surface area contributed by atoms with Crippen molar-refractivity contribution in [3.05, 3.63) is 64.1 Å². The van der Waals surface area contributed by atoms with E-state index in [0.29, 0.717) is 23.2 Å². The lowest BCUT2D eigenvalue weighted by atomic mass is 10.1. The number of aromatic hydroxyl groups is 1. The number of thioether (sulfide) groups is 1. The van der Waals surface area contributed by atoms with Gasteiger partial charge >= 0.3 is 0 Å². The first-order chi connectivity index (χ1) is 13.0. The largest absolute Gasteiger partial charge is 0.507 e. The molecule has 140 valence electrons. The molecule has 2 aromatic rings. The number of ether oxygens (including phenoxy) is 1. The highest BCUT2D eigenvalue weighted by Crippen LogP contribution is 2.35. The van der Waals surface area contributed by atoms with Crippen molar-refractivity contribution in [2.75, 3.05) is 20.3 Å². The van der Waals surface area contributed by atoms with Crippen molar-refractivity contribution >= 4 is 34.6 Å². The van der Waals surface area contributed by atoms with Crippen molar-refractivity contribution in [2.45, 2.75) is 13.8 Å². The van der Waals surface area contributed by atoms with Gasteiger partial charge in [-0.2, -0.15) is 0 Å². The van der Waals surface area contributed by atoms with E-state index in [0.717, 1.165) is 22.4 Å². The molecule has 0 unspecified atom stereocenters. The van der Waals surface area contributed by atoms with Gasteiger partial charge in [-0.1, -0.05) is 18.2 Å². The van der Waals surface area contributed by atoms with Gasteiger partial charge in [-0.25, -0.2) is 4.99 Å². The topological polar surface area (TPSA) is 62.1 Å². The van der Waals surface area contributed by atoms with Gasteiger partial charge < -0.3 is 9.84 Å². The molecule has 1 heterocycles. The average molecular weight is 382 g/mol. The van der Waals surface area contributed by atoms with E-state index in [9.17, 15) is 9.90 Å². The van der Waals surface area contributed by atoms with Crippen LogP contribution in [0.5, 0.6) is 5.75 Å². The minimum Gasteiger partial charge on any atom is -0.507 e. The highest BCUT2D eigenvalue weighted by atomic mass is 32.2. The van der Waals surface area contributed by atoms with Crippen molar-refractivity contribution in [3.8, 4) is 5.75 Å². The molecule has 0 aliphatic carbocycles. The van der Waals surface area contributed by atoms with Gasteiger partial charge in [-0.15, -0.1) is 0 Å². The summed E-state index contributed by atoms with van der Waals surface area (Å²) in [5.41, 5.74) is 3.25. The van der Waals surface area contributed by atoms with Crippen LogP contribution in [0.15, 0.2) is 52.4 Å². The molecule has 0 aromatic heterocycles. The van der Waals surface area contributed by atoms with Crippen LogP contribution in [-0.2, 0) is 9.53 Å². The lowest BCUT2D eigenvalue weighted by Crippen LogP contribution is -2.32. The summed E-state index contributed by atoms with van der Waals surface area (Å²) in [6, 6.07) is 13.3. The van der Waals surface area contributed by atoms with Crippen LogP contribution in [-0.4, -0.2) is 41.3 Å². The highest BCUT2D eigenvalue weighted by molar-refractivity contribution is 8.18. The smallest absolute Gasteiger partial charge is 0.266 e. The molecular weight excluding hydrogens is 360 g/mol. The molecule has 1 fully saturated rings. The monoisotopic (exact) mass is 382 g/mol. The highest BCUT2D eigenvalue weighted by Gasteiger charge is 2.33. The number of hydrogen-bond donors (Lipinski definition) is 1. The van der Waals surface area contributed by atoms with E-state index in [1.54, 1.807) is 12.0 Å². The number of rotatable bonds is 5. The van der Waals surface area contributed by atoms with Crippen molar-refractivity contribution in [2.24, 2.45) is 4.99 Å². The quantitative estimate of drug-likeness (QED) is 0.785. The number of carbonyl (C=O) groups is 1. The van der Waals surface area contributed by atoms with Gasteiger partial charge in [0.25, 0.3) is 5.91 Å². The third kappa shape index (κ3) is 4.40. The van der Waals surface area contributed by atoms with Crippen LogP contribution in [0.2, 0.25) is 0 Å². The van der Waals surface area contributed by atoms with E-state index in [-0.39, 0.29) is 11.7 Å². The molecule has 3 rings (SSSR count). The maximum absolute atomic E-state index is 12.9. The Morgan fingerprint density at radius 1 is 1.19 bits per heavy atom. The predicted molar refractivity (Wildman–Crippen MR) is 110 cm³/mol. The summed E-state index contributed by atoms with van der Waals surface area (Å²) in [6.07, 6.45) is 1.85. The molecule has 27 heavy (non-hydrogen) atoms. The Labute approximate surface area is 163 Å². The molecule has 1 aliphatic rings. The third-order valence-electron chi connectivity index (χ3n) is 4.20. The van der Waals surface area contributed by atoms with Crippen molar-refractivity contribution in [1.82, 2.24) is 4.90 Å². The van der Waals surface area contributed by atoms with Gasteiger partial charge in [0.05, 0.1) is 23.7 Å². The number of amides is 1. The first kappa shape index (κ1) is 19.2. The van der Waals surface area contributed by atoms with Crippen LogP contribution < -0.4 is 0 Å². The molecule has 1 saturated heterocycles. The zero-order valence-corrected chi connectivity index (χ0v) is 16.4. The SMILES string of the molecule is COCCN1C(=O)C(=Cc2cc(C)c(O)c(C)c2)SC1=Nc1ccccc1. The van der Waals surface area contributed by atoms with Crippen LogP contribution in [0.3, 0.4) is 0 Å². The number of amidine groups is 1. The zero-order chi connectivity index (χ0) is 19.4. The fourth-order valence-electron chi connectivity index (χ4n) is 2.81. The first-order valence-corrected chi connectivity index (χ1v) is 9.45. The maximum Gasteiger partial charge on any atom is 0.266 e. The molecule has 1 aliphatic heterocycles. The molecule has 0 radical (unpaired) electrons. The van der Waals surface area contributed by atoms with Gasteiger partial charge in [0.2, 0.25) is 0 Å². The van der Waals surface area contributed by atoms with Crippen molar-refractivity contribution in [3.63, 3.8) is 0 Å². The summed E-state index contributed by atoms with van der Waals surface area (Å²) in [4.78, 5) is 19.8. The average Bonchev–Trinajstić information content (AvgIpc) is 2.93. The Balaban J connectivity index is 1.95. The minimum atomic E-state index is -0.0879. The summed E-state index contributed by atoms with van der Waals surface area (Å²) in [5, 5.41) is 10.6. The van der Waals surface area contributed by atoms with Gasteiger partial charge in [-0.3, -0.25) is 9.69 Å². The molecule has 0 saturated carbocycles. The normalized spacial score (nSPS) is 17.3. The zero-order valence-electron chi connectivity index (χ0n) is 15.6. The lowest BCUT2D eigenvalue weighted by molar-refractivity contribution is -0.122. The Morgan fingerprint density at radius 3 is 2.48 bits per heavy atom. The Morgan fingerprint density at radius 2 is 1.85 bits per heavy atom. The lowest BCUT2D eigenvalue weighted by Gasteiger charge is -2.14. The first-order valence-electron chi connectivity index (χ1n) is 8.64. The number of phenolic OH excluding ortho intramolecular Hbond substituents is 1. The van der Waals surface area contributed by atoms with E-state index in [1.807, 2.05) is 62.4 Å². The summed E-state index contributed by atoms with van der Waals surface area (Å²) < 4.78 is 5.14. The van der Waals surface area contributed by atoms with E-state index < -0.39 is 0 Å². The van der Waals surface area contributed by atoms with Gasteiger partial charge in [-0.05, 0) is 72.6 Å². The number of aliphatic imine (C=N–C) groups is 1. The second kappa shape index (κ2) is 8.41. The van der Waals surface area contributed by atoms with E-state index in [2.05, 4.69) is 4.99 Å². The molecule has 0 bridgehead atoms. The van der Waals surface area contributed by atoms with Gasteiger partial charge in [0.15, 0.2) is 5.17 Å². The van der Waals surface area contributed by atoms with E-state index >= 15 is 0 Å². The summed E-state index contributed by atoms with van der Waals surface area (Å²) >= 11 is 1.35. The van der Waals surface area contributed by atoms with Gasteiger partial charge in [0, 0.05) is 7.11 Å². The van der Waals surface area contributed by atoms with Crippen molar-refractivity contribution < 1.29 is 14.6 Å². The number of phenols is 1. The predicted octanol–water partition coefficient (Wildman–Crippen LogP) is 4.26. The second-order valence-electron chi connectivity index (χ2n) is 6.29. The number of nitrogens with zero attached hydrogens (tertiary/aromatic N) is 2. The molecule has 5 nitrogen and oxygen atoms in total. The Hall–Kier alpha value is -2.57. The summed E-state index contributed by atoms with van der Waals surface area (Å²) in [7, 11) is 1.61. The summed E-state index contributed by atoms with van der Waals surface area (Å²) in [6.45, 7) is 4.58. The summed E-state index contributed by atoms with van der Waals surface area (Å²) in [5.74, 6) is 0.200. The number of methoxy groups -OCH3 is 1. The number of para-hydroxylation sites is 1. The standard InChI is InChI=1S/C21H22N2O3S/c1-14-11-16(12-15(2)19(14)24)13-18-20(25)23(9-10-26-3)21(27-18)22-17-7-5-4-6-8-17/h4-8,11-13,24H,9-10H2,1-3H3. The fraction of sp³-hybridized carbons (Fsp3) is 0.238. The van der Waals surface area contributed by atoms with Crippen LogP contribution in [0.1, 0.15) is 16.7 Å². The number of benzene rings is 2. The molecule has 1 N–H and O–H groups in total. The fourth-order valence-corrected chi connectivity index (χ4v) is 3.83. The van der Waals surface area contributed by atoms with Crippen LogP contribution in [0, 0.1) is 13.8 Å². The van der Waals surface area contributed by atoms with Crippen molar-refractivity contribution in [1.29, 1.82) is 0 Å². The van der Waals surface area contributed by atoms with Crippen LogP contribution >= 0.6 is 11.8 Å². The maximum atomic E-state index is 12.9. The number of carbonyl (C=O) groups excluding carboxylic acids is 1. The Kier molecular flexibility index (Phi) is 5.98. The van der Waals surface area contributed by atoms with E-state index in [4.69, 9.17) is 4.74 Å².